The normalized spacial score (nSPS) is 17.4. The molecule has 2 aromatic heterocycles. The zero-order valence-electron chi connectivity index (χ0n) is 17.8. The fraction of sp³-hybridized carbons (Fsp3) is 0.375. The Labute approximate surface area is 180 Å². The van der Waals surface area contributed by atoms with Gasteiger partial charge in [0.25, 0.3) is 11.4 Å². The molecular formula is C24H26N4O3. The van der Waals surface area contributed by atoms with Crippen LogP contribution in [0.5, 0.6) is 5.75 Å². The van der Waals surface area contributed by atoms with Crippen LogP contribution in [0, 0.1) is 5.92 Å². The van der Waals surface area contributed by atoms with E-state index < -0.39 is 11.3 Å². The van der Waals surface area contributed by atoms with Gasteiger partial charge in [-0.15, -0.1) is 0 Å². The van der Waals surface area contributed by atoms with E-state index in [1.807, 2.05) is 25.2 Å². The van der Waals surface area contributed by atoms with Crippen LogP contribution in [0.15, 0.2) is 57.3 Å². The van der Waals surface area contributed by atoms with Crippen LogP contribution in [0.2, 0.25) is 0 Å². The number of benzene rings is 1. The van der Waals surface area contributed by atoms with Crippen LogP contribution >= 0.6 is 0 Å². The number of fused-ring (bicyclic) bond motifs is 1. The van der Waals surface area contributed by atoms with Crippen LogP contribution in [0.4, 0.5) is 5.95 Å². The lowest BCUT2D eigenvalue weighted by Crippen LogP contribution is -2.44. The van der Waals surface area contributed by atoms with Crippen LogP contribution in [0.3, 0.4) is 0 Å². The molecule has 1 atom stereocenters. The van der Waals surface area contributed by atoms with Crippen LogP contribution < -0.4 is 10.5 Å². The van der Waals surface area contributed by atoms with Gasteiger partial charge >= 0.3 is 0 Å². The Morgan fingerprint density at radius 1 is 1.23 bits per heavy atom. The molecule has 0 aliphatic heterocycles. The van der Waals surface area contributed by atoms with Crippen LogP contribution in [0.1, 0.15) is 32.1 Å². The molecule has 31 heavy (non-hydrogen) atoms. The molecule has 0 saturated heterocycles. The molecule has 5 rings (SSSR count). The van der Waals surface area contributed by atoms with Gasteiger partial charge in [-0.25, -0.2) is 9.97 Å². The Hall–Kier alpha value is -3.35. The lowest BCUT2D eigenvalue weighted by Gasteiger charge is -2.41. The number of nitrogens with zero attached hydrogens (tertiary/aromatic N) is 4. The number of aromatic nitrogens is 3. The minimum atomic E-state index is -0.519. The Kier molecular flexibility index (Phi) is 4.88. The maximum Gasteiger partial charge on any atom is 0.297 e. The number of hydrogen-bond donors (Lipinski definition) is 1. The fourth-order valence-electron chi connectivity index (χ4n) is 4.56. The van der Waals surface area contributed by atoms with Gasteiger partial charge in [-0.3, -0.25) is 9.36 Å². The van der Waals surface area contributed by atoms with E-state index in [4.69, 9.17) is 4.42 Å². The number of anilines is 1. The van der Waals surface area contributed by atoms with Gasteiger partial charge < -0.3 is 14.4 Å². The highest BCUT2D eigenvalue weighted by atomic mass is 16.4. The van der Waals surface area contributed by atoms with E-state index in [0.717, 1.165) is 25.7 Å². The van der Waals surface area contributed by atoms with E-state index in [-0.39, 0.29) is 17.6 Å². The Bertz CT molecular complexity index is 1220. The molecule has 1 aromatic carbocycles. The number of para-hydroxylation sites is 2. The number of aromatic hydroxyl groups is 1. The van der Waals surface area contributed by atoms with Crippen molar-refractivity contribution in [2.45, 2.75) is 38.1 Å². The van der Waals surface area contributed by atoms with Crippen molar-refractivity contribution < 1.29 is 9.52 Å². The molecule has 0 spiro atoms. The maximum absolute atomic E-state index is 12.9. The third kappa shape index (κ3) is 3.34. The molecule has 2 aliphatic carbocycles. The van der Waals surface area contributed by atoms with E-state index in [2.05, 4.69) is 33.1 Å². The first kappa shape index (κ1) is 19.6. The molecule has 160 valence electrons. The molecule has 3 aromatic rings. The lowest BCUT2D eigenvalue weighted by atomic mass is 9.75. The standard InChI is InChI=1S/C24H26N4O3/c1-27(20(16-11-8-12-16)15-9-4-3-5-10-15)24-26-19(21(29)23(30)28(24)2)22-25-17-13-6-7-14-18(17)31-22/h4,6-7,9-10,13-14,16,20,29H,3,5,8,11-12H2,1-2H3. The summed E-state index contributed by atoms with van der Waals surface area (Å²) in [6, 6.07) is 7.46. The molecule has 1 fully saturated rings. The smallest absolute Gasteiger partial charge is 0.297 e. The van der Waals surface area contributed by atoms with Crippen molar-refractivity contribution in [2.75, 3.05) is 11.9 Å². The molecule has 1 saturated carbocycles. The molecule has 1 unspecified atom stereocenters. The van der Waals surface area contributed by atoms with Crippen molar-refractivity contribution >= 4 is 17.0 Å². The average Bonchev–Trinajstić information content (AvgIpc) is 3.19. The Morgan fingerprint density at radius 3 is 2.71 bits per heavy atom. The fourth-order valence-corrected chi connectivity index (χ4v) is 4.56. The van der Waals surface area contributed by atoms with Gasteiger partial charge in [0, 0.05) is 14.1 Å². The first-order valence-electron chi connectivity index (χ1n) is 10.8. The van der Waals surface area contributed by atoms with Gasteiger partial charge in [-0.05, 0) is 49.3 Å². The van der Waals surface area contributed by atoms with Crippen molar-refractivity contribution in [1.82, 2.24) is 14.5 Å². The highest BCUT2D eigenvalue weighted by Crippen LogP contribution is 2.38. The summed E-state index contributed by atoms with van der Waals surface area (Å²) >= 11 is 0. The Balaban J connectivity index is 1.62. The van der Waals surface area contributed by atoms with Gasteiger partial charge in [0.2, 0.25) is 11.7 Å². The van der Waals surface area contributed by atoms with Crippen LogP contribution in [-0.4, -0.2) is 32.7 Å². The highest BCUT2D eigenvalue weighted by molar-refractivity contribution is 5.76. The summed E-state index contributed by atoms with van der Waals surface area (Å²) < 4.78 is 7.20. The number of oxazole rings is 1. The molecule has 2 heterocycles. The molecule has 2 aliphatic rings. The van der Waals surface area contributed by atoms with Gasteiger partial charge in [-0.1, -0.05) is 36.8 Å². The second kappa shape index (κ2) is 7.72. The monoisotopic (exact) mass is 418 g/mol. The van der Waals surface area contributed by atoms with Crippen molar-refractivity contribution in [3.63, 3.8) is 0 Å². The van der Waals surface area contributed by atoms with Gasteiger partial charge in [0.15, 0.2) is 11.3 Å². The summed E-state index contributed by atoms with van der Waals surface area (Å²) in [5, 5.41) is 10.6. The van der Waals surface area contributed by atoms with Crippen molar-refractivity contribution in [2.24, 2.45) is 13.0 Å². The summed E-state index contributed by atoms with van der Waals surface area (Å²) in [7, 11) is 3.61. The average molecular weight is 418 g/mol. The summed E-state index contributed by atoms with van der Waals surface area (Å²) in [4.78, 5) is 24.1. The van der Waals surface area contributed by atoms with E-state index >= 15 is 0 Å². The van der Waals surface area contributed by atoms with E-state index in [9.17, 15) is 9.90 Å². The highest BCUT2D eigenvalue weighted by Gasteiger charge is 2.34. The Morgan fingerprint density at radius 2 is 2.03 bits per heavy atom. The number of rotatable bonds is 5. The van der Waals surface area contributed by atoms with E-state index in [1.165, 1.54) is 16.6 Å². The predicted octanol–water partition coefficient (Wildman–Crippen LogP) is 4.18. The summed E-state index contributed by atoms with van der Waals surface area (Å²) in [6.45, 7) is 0. The largest absolute Gasteiger partial charge is 0.501 e. The first-order chi connectivity index (χ1) is 15.0. The number of allylic oxidation sites excluding steroid dienone is 2. The maximum atomic E-state index is 12.9. The molecular weight excluding hydrogens is 392 g/mol. The van der Waals surface area contributed by atoms with Crippen molar-refractivity contribution in [3.05, 3.63) is 58.4 Å². The second-order valence-corrected chi connectivity index (χ2v) is 8.39. The van der Waals surface area contributed by atoms with Crippen molar-refractivity contribution in [3.8, 4) is 17.3 Å². The van der Waals surface area contributed by atoms with E-state index in [1.54, 1.807) is 13.1 Å². The number of hydrogen-bond acceptors (Lipinski definition) is 6. The summed E-state index contributed by atoms with van der Waals surface area (Å²) in [6.07, 6.45) is 12.3. The lowest BCUT2D eigenvalue weighted by molar-refractivity contribution is 0.276. The molecule has 7 nitrogen and oxygen atoms in total. The third-order valence-electron chi connectivity index (χ3n) is 6.43. The molecule has 0 radical (unpaired) electrons. The molecule has 1 N–H and O–H groups in total. The zero-order valence-corrected chi connectivity index (χ0v) is 17.8. The topological polar surface area (TPSA) is 84.4 Å². The molecule has 7 heteroatoms. The van der Waals surface area contributed by atoms with E-state index in [0.29, 0.717) is 23.0 Å². The first-order valence-corrected chi connectivity index (χ1v) is 10.8. The molecule has 0 bridgehead atoms. The van der Waals surface area contributed by atoms with Crippen LogP contribution in [0.25, 0.3) is 22.7 Å². The zero-order chi connectivity index (χ0) is 21.5. The molecule has 0 amide bonds. The minimum Gasteiger partial charge on any atom is -0.501 e. The van der Waals surface area contributed by atoms with Gasteiger partial charge in [0.1, 0.15) is 5.52 Å². The van der Waals surface area contributed by atoms with Gasteiger partial charge in [-0.2, -0.15) is 0 Å². The quantitative estimate of drug-likeness (QED) is 0.669. The summed E-state index contributed by atoms with van der Waals surface area (Å²) in [5.41, 5.74) is 2.05. The van der Waals surface area contributed by atoms with Crippen molar-refractivity contribution in [1.29, 1.82) is 0 Å². The SMILES string of the molecule is CN(c1nc(-c2nc3ccccc3o2)c(O)c(=O)n1C)C(C1=CCCC=C1)C1CCC1. The summed E-state index contributed by atoms with van der Waals surface area (Å²) in [5.74, 6) is 0.681. The second-order valence-electron chi connectivity index (χ2n) is 8.39. The number of likely N-dealkylation sites (N-methyl/N-ethyl adjacent to an activating group) is 1. The minimum absolute atomic E-state index is 0.0710. The predicted molar refractivity (Wildman–Crippen MR) is 120 cm³/mol. The van der Waals surface area contributed by atoms with Gasteiger partial charge in [0.05, 0.1) is 6.04 Å². The van der Waals surface area contributed by atoms with Crippen LogP contribution in [-0.2, 0) is 7.05 Å². The third-order valence-corrected chi connectivity index (χ3v) is 6.43.